The first-order valence-electron chi connectivity index (χ1n) is 5.68. The third-order valence-corrected chi connectivity index (χ3v) is 2.61. The lowest BCUT2D eigenvalue weighted by Gasteiger charge is -2.08. The van der Waals surface area contributed by atoms with E-state index in [0.717, 1.165) is 6.07 Å². The van der Waals surface area contributed by atoms with Crippen molar-refractivity contribution in [1.29, 1.82) is 0 Å². The van der Waals surface area contributed by atoms with Gasteiger partial charge in [-0.1, -0.05) is 0 Å². The van der Waals surface area contributed by atoms with E-state index in [1.807, 2.05) is 5.32 Å². The molecule has 1 amide bonds. The molecule has 0 aliphatic heterocycles. The molecule has 3 nitrogen and oxygen atoms in total. The van der Waals surface area contributed by atoms with Gasteiger partial charge in [0.25, 0.3) is 5.91 Å². The minimum Gasteiger partial charge on any atom is -0.306 e. The van der Waals surface area contributed by atoms with E-state index in [2.05, 4.69) is 4.98 Å². The van der Waals surface area contributed by atoms with Crippen LogP contribution in [0.25, 0.3) is 0 Å². The van der Waals surface area contributed by atoms with Gasteiger partial charge in [-0.25, -0.2) is 18.2 Å². The Hall–Kier alpha value is -2.58. The topological polar surface area (TPSA) is 42.0 Å². The van der Waals surface area contributed by atoms with E-state index in [1.54, 1.807) is 0 Å². The van der Waals surface area contributed by atoms with Crippen molar-refractivity contribution in [2.24, 2.45) is 0 Å². The van der Waals surface area contributed by atoms with Crippen LogP contribution in [0.3, 0.4) is 0 Å². The van der Waals surface area contributed by atoms with Gasteiger partial charge in [0.2, 0.25) is 0 Å². The maximum absolute atomic E-state index is 13.4. The first-order valence-corrected chi connectivity index (χ1v) is 5.68. The van der Waals surface area contributed by atoms with Crippen LogP contribution in [0, 0.1) is 17.5 Å². The molecule has 0 fully saturated rings. The van der Waals surface area contributed by atoms with Crippen LogP contribution in [0.2, 0.25) is 0 Å². The standard InChI is InChI=1S/C13H6F6N2O/c14-8-3-2-7(10(15)11(8)16)12(22)21-9-4-1-6(5-20-9)13(17,18)19/h1-5H,(H,20,21,22). The van der Waals surface area contributed by atoms with E-state index in [-0.39, 0.29) is 5.82 Å². The summed E-state index contributed by atoms with van der Waals surface area (Å²) in [5.41, 5.74) is -1.84. The van der Waals surface area contributed by atoms with Gasteiger partial charge >= 0.3 is 6.18 Å². The highest BCUT2D eigenvalue weighted by Gasteiger charge is 2.30. The summed E-state index contributed by atoms with van der Waals surface area (Å²) in [5, 5.41) is 1.98. The monoisotopic (exact) mass is 320 g/mol. The molecule has 0 saturated heterocycles. The molecule has 22 heavy (non-hydrogen) atoms. The average molecular weight is 320 g/mol. The van der Waals surface area contributed by atoms with Gasteiger partial charge in [-0.3, -0.25) is 4.79 Å². The third-order valence-electron chi connectivity index (χ3n) is 2.61. The molecular formula is C13H6F6N2O. The van der Waals surface area contributed by atoms with E-state index in [1.165, 1.54) is 0 Å². The van der Waals surface area contributed by atoms with E-state index in [9.17, 15) is 31.1 Å². The molecule has 2 rings (SSSR count). The van der Waals surface area contributed by atoms with Gasteiger partial charge in [-0.15, -0.1) is 0 Å². The summed E-state index contributed by atoms with van der Waals surface area (Å²) < 4.78 is 76.1. The van der Waals surface area contributed by atoms with Crippen LogP contribution in [0.15, 0.2) is 30.5 Å². The molecule has 0 unspecified atom stereocenters. The molecule has 0 aliphatic carbocycles. The highest BCUT2D eigenvalue weighted by Crippen LogP contribution is 2.29. The lowest BCUT2D eigenvalue weighted by atomic mass is 10.2. The Morgan fingerprint density at radius 2 is 1.68 bits per heavy atom. The zero-order chi connectivity index (χ0) is 16.5. The SMILES string of the molecule is O=C(Nc1ccc(C(F)(F)F)cn1)c1ccc(F)c(F)c1F. The lowest BCUT2D eigenvalue weighted by Crippen LogP contribution is -2.16. The van der Waals surface area contributed by atoms with Gasteiger partial charge in [0.15, 0.2) is 17.5 Å². The van der Waals surface area contributed by atoms with Crippen molar-refractivity contribution in [3.63, 3.8) is 0 Å². The molecule has 116 valence electrons. The number of hydrogen-bond donors (Lipinski definition) is 1. The van der Waals surface area contributed by atoms with E-state index < -0.39 is 40.7 Å². The molecule has 0 spiro atoms. The molecule has 0 bridgehead atoms. The average Bonchev–Trinajstić information content (AvgIpc) is 2.44. The number of nitrogens with zero attached hydrogens (tertiary/aromatic N) is 1. The Morgan fingerprint density at radius 1 is 1.00 bits per heavy atom. The van der Waals surface area contributed by atoms with E-state index in [4.69, 9.17) is 0 Å². The van der Waals surface area contributed by atoms with E-state index in [0.29, 0.717) is 24.4 Å². The Balaban J connectivity index is 2.21. The highest BCUT2D eigenvalue weighted by atomic mass is 19.4. The van der Waals surface area contributed by atoms with Crippen LogP contribution in [-0.4, -0.2) is 10.9 Å². The van der Waals surface area contributed by atoms with Crippen LogP contribution in [-0.2, 0) is 6.18 Å². The second-order valence-electron chi connectivity index (χ2n) is 4.11. The van der Waals surface area contributed by atoms with E-state index >= 15 is 0 Å². The Labute approximate surface area is 119 Å². The molecule has 1 heterocycles. The summed E-state index contributed by atoms with van der Waals surface area (Å²) in [4.78, 5) is 15.0. The number of hydrogen-bond acceptors (Lipinski definition) is 2. The van der Waals surface area contributed by atoms with Gasteiger partial charge in [0, 0.05) is 6.20 Å². The zero-order valence-corrected chi connectivity index (χ0v) is 10.5. The maximum atomic E-state index is 13.4. The highest BCUT2D eigenvalue weighted by molar-refractivity contribution is 6.03. The molecule has 9 heteroatoms. The number of benzene rings is 1. The first-order chi connectivity index (χ1) is 10.2. The smallest absolute Gasteiger partial charge is 0.306 e. The number of anilines is 1. The van der Waals surface area contributed by atoms with Crippen molar-refractivity contribution in [3.8, 4) is 0 Å². The van der Waals surface area contributed by atoms with Crippen LogP contribution in [0.4, 0.5) is 32.2 Å². The summed E-state index contributed by atoms with van der Waals surface area (Å²) in [6.07, 6.45) is -4.13. The third kappa shape index (κ3) is 3.18. The largest absolute Gasteiger partial charge is 0.417 e. The van der Waals surface area contributed by atoms with Gasteiger partial charge in [-0.05, 0) is 24.3 Å². The summed E-state index contributed by atoms with van der Waals surface area (Å²) in [5.74, 6) is -6.48. The van der Waals surface area contributed by atoms with Gasteiger partial charge in [-0.2, -0.15) is 13.2 Å². The molecule has 2 aromatic rings. The minimum absolute atomic E-state index is 0.304. The lowest BCUT2D eigenvalue weighted by molar-refractivity contribution is -0.137. The Morgan fingerprint density at radius 3 is 2.23 bits per heavy atom. The van der Waals surface area contributed by atoms with Crippen LogP contribution in [0.5, 0.6) is 0 Å². The fourth-order valence-corrected chi connectivity index (χ4v) is 1.52. The zero-order valence-electron chi connectivity index (χ0n) is 10.5. The fourth-order valence-electron chi connectivity index (χ4n) is 1.52. The van der Waals surface area contributed by atoms with Gasteiger partial charge < -0.3 is 5.32 Å². The number of nitrogens with one attached hydrogen (secondary N) is 1. The Kier molecular flexibility index (Phi) is 4.07. The second-order valence-corrected chi connectivity index (χ2v) is 4.11. The number of rotatable bonds is 2. The summed E-state index contributed by atoms with van der Waals surface area (Å²) in [7, 11) is 0. The van der Waals surface area contributed by atoms with Crippen molar-refractivity contribution in [3.05, 3.63) is 59.0 Å². The molecule has 1 aromatic carbocycles. The molecular weight excluding hydrogens is 314 g/mol. The molecule has 1 N–H and O–H groups in total. The quantitative estimate of drug-likeness (QED) is 0.676. The predicted molar refractivity (Wildman–Crippen MR) is 63.5 cm³/mol. The number of halogens is 6. The molecule has 0 radical (unpaired) electrons. The molecule has 1 aromatic heterocycles. The second kappa shape index (κ2) is 5.66. The molecule has 0 saturated carbocycles. The molecule has 0 atom stereocenters. The predicted octanol–water partition coefficient (Wildman–Crippen LogP) is 3.77. The fraction of sp³-hybridized carbons (Fsp3) is 0.0769. The van der Waals surface area contributed by atoms with Crippen molar-refractivity contribution >= 4 is 11.7 Å². The molecule has 0 aliphatic rings. The van der Waals surface area contributed by atoms with Crippen LogP contribution >= 0.6 is 0 Å². The summed E-state index contributed by atoms with van der Waals surface area (Å²) in [6.45, 7) is 0. The van der Waals surface area contributed by atoms with Crippen molar-refractivity contribution < 1.29 is 31.1 Å². The summed E-state index contributed by atoms with van der Waals surface area (Å²) >= 11 is 0. The summed E-state index contributed by atoms with van der Waals surface area (Å²) in [6, 6.07) is 2.75. The minimum atomic E-state index is -4.60. The van der Waals surface area contributed by atoms with Gasteiger partial charge in [0.05, 0.1) is 11.1 Å². The van der Waals surface area contributed by atoms with Crippen molar-refractivity contribution in [1.82, 2.24) is 4.98 Å². The van der Waals surface area contributed by atoms with Crippen molar-refractivity contribution in [2.45, 2.75) is 6.18 Å². The number of carbonyl (C=O) groups is 1. The Bertz CT molecular complexity index is 712. The van der Waals surface area contributed by atoms with Gasteiger partial charge in [0.1, 0.15) is 5.82 Å². The number of amides is 1. The number of carbonyl (C=O) groups excluding carboxylic acids is 1. The van der Waals surface area contributed by atoms with Crippen LogP contribution < -0.4 is 5.32 Å². The van der Waals surface area contributed by atoms with Crippen LogP contribution in [0.1, 0.15) is 15.9 Å². The number of pyridine rings is 1. The maximum Gasteiger partial charge on any atom is 0.417 e. The van der Waals surface area contributed by atoms with Crippen molar-refractivity contribution in [2.75, 3.05) is 5.32 Å². The number of aromatic nitrogens is 1. The number of alkyl halides is 3. The first kappa shape index (κ1) is 15.8. The normalized spacial score (nSPS) is 11.4.